The van der Waals surface area contributed by atoms with Gasteiger partial charge in [0.05, 0.1) is 11.6 Å². The number of hydrogen-bond donors (Lipinski definition) is 2. The van der Waals surface area contributed by atoms with Gasteiger partial charge in [-0.2, -0.15) is 0 Å². The molecule has 1 atom stereocenters. The van der Waals surface area contributed by atoms with Crippen LogP contribution in [-0.4, -0.2) is 18.6 Å². The predicted octanol–water partition coefficient (Wildman–Crippen LogP) is 3.62. The van der Waals surface area contributed by atoms with Gasteiger partial charge in [-0.1, -0.05) is 55.1 Å². The highest BCUT2D eigenvalue weighted by atomic mass is 16.5. The van der Waals surface area contributed by atoms with Crippen LogP contribution in [0.1, 0.15) is 24.1 Å². The lowest BCUT2D eigenvalue weighted by Crippen LogP contribution is -2.45. The number of nitrogens with one attached hydrogen (secondary N) is 2. The number of carbonyl (C=O) groups excluding carboxylic acids is 2. The van der Waals surface area contributed by atoms with E-state index < -0.39 is 12.0 Å². The Balaban J connectivity index is 1.76. The molecule has 0 aliphatic carbocycles. The Morgan fingerprint density at radius 3 is 2.54 bits per heavy atom. The highest BCUT2D eigenvalue weighted by Crippen LogP contribution is 2.29. The van der Waals surface area contributed by atoms with Crippen LogP contribution in [0.4, 0.5) is 4.79 Å². The van der Waals surface area contributed by atoms with E-state index in [1.165, 1.54) is 6.08 Å². The second kappa shape index (κ2) is 8.90. The van der Waals surface area contributed by atoms with Gasteiger partial charge in [0, 0.05) is 5.70 Å². The van der Waals surface area contributed by atoms with E-state index in [0.29, 0.717) is 23.6 Å². The van der Waals surface area contributed by atoms with Crippen LogP contribution in [0.5, 0.6) is 5.75 Å². The van der Waals surface area contributed by atoms with Crippen molar-refractivity contribution >= 4 is 12.0 Å². The van der Waals surface area contributed by atoms with Gasteiger partial charge in [0.2, 0.25) is 0 Å². The number of benzene rings is 2. The Labute approximate surface area is 163 Å². The lowest BCUT2D eigenvalue weighted by Gasteiger charge is -2.28. The summed E-state index contributed by atoms with van der Waals surface area (Å²) in [7, 11) is 0. The molecule has 144 valence electrons. The average Bonchev–Trinajstić information content (AvgIpc) is 2.71. The fraction of sp³-hybridized carbons (Fsp3) is 0.182. The third-order valence-electron chi connectivity index (χ3n) is 4.28. The van der Waals surface area contributed by atoms with Crippen LogP contribution >= 0.6 is 0 Å². The summed E-state index contributed by atoms with van der Waals surface area (Å²) in [6, 6.07) is 16.2. The third kappa shape index (κ3) is 4.59. The first-order chi connectivity index (χ1) is 13.6. The number of amides is 2. The summed E-state index contributed by atoms with van der Waals surface area (Å²) in [6.45, 7) is 5.78. The largest absolute Gasteiger partial charge is 0.489 e. The summed E-state index contributed by atoms with van der Waals surface area (Å²) in [5.74, 6) is 0.198. The van der Waals surface area contributed by atoms with Gasteiger partial charge in [-0.15, -0.1) is 0 Å². The van der Waals surface area contributed by atoms with Crippen LogP contribution in [0.2, 0.25) is 0 Å². The van der Waals surface area contributed by atoms with Crippen LogP contribution < -0.4 is 15.4 Å². The minimum absolute atomic E-state index is 0.0997. The normalized spacial score (nSPS) is 16.0. The second-order valence-corrected chi connectivity index (χ2v) is 6.30. The molecule has 1 aliphatic rings. The first-order valence-corrected chi connectivity index (χ1v) is 8.91. The van der Waals surface area contributed by atoms with Crippen LogP contribution in [0.3, 0.4) is 0 Å². The summed E-state index contributed by atoms with van der Waals surface area (Å²) >= 11 is 0. The molecule has 0 unspecified atom stereocenters. The van der Waals surface area contributed by atoms with Gasteiger partial charge in [0.15, 0.2) is 0 Å². The molecule has 0 radical (unpaired) electrons. The monoisotopic (exact) mass is 378 g/mol. The number of rotatable bonds is 7. The molecular formula is C22H22N2O4. The van der Waals surface area contributed by atoms with Gasteiger partial charge in [0.25, 0.3) is 0 Å². The van der Waals surface area contributed by atoms with E-state index in [2.05, 4.69) is 17.2 Å². The minimum atomic E-state index is -0.603. The van der Waals surface area contributed by atoms with Crippen LogP contribution in [0, 0.1) is 0 Å². The molecule has 0 saturated carbocycles. The van der Waals surface area contributed by atoms with Gasteiger partial charge in [-0.3, -0.25) is 0 Å². The van der Waals surface area contributed by atoms with Gasteiger partial charge in [-0.25, -0.2) is 9.59 Å². The van der Waals surface area contributed by atoms with Gasteiger partial charge >= 0.3 is 12.0 Å². The molecule has 6 heteroatoms. The van der Waals surface area contributed by atoms with Crippen molar-refractivity contribution in [1.29, 1.82) is 0 Å². The van der Waals surface area contributed by atoms with Crippen molar-refractivity contribution in [2.75, 3.05) is 6.61 Å². The summed E-state index contributed by atoms with van der Waals surface area (Å²) in [4.78, 5) is 24.4. The Bertz CT molecular complexity index is 889. The molecule has 0 saturated heterocycles. The quantitative estimate of drug-likeness (QED) is 0.570. The van der Waals surface area contributed by atoms with E-state index in [1.54, 1.807) is 6.92 Å². The van der Waals surface area contributed by atoms with E-state index in [-0.39, 0.29) is 12.6 Å². The first-order valence-electron chi connectivity index (χ1n) is 8.91. The van der Waals surface area contributed by atoms with Crippen molar-refractivity contribution in [2.24, 2.45) is 0 Å². The van der Waals surface area contributed by atoms with Crippen LogP contribution in [0.15, 0.2) is 78.5 Å². The number of hydrogen-bond acceptors (Lipinski definition) is 4. The van der Waals surface area contributed by atoms with Gasteiger partial charge in [-0.05, 0) is 30.2 Å². The van der Waals surface area contributed by atoms with Crippen molar-refractivity contribution < 1.29 is 19.1 Å². The topological polar surface area (TPSA) is 76.7 Å². The molecule has 1 heterocycles. The standard InChI is InChI=1S/C22H22N2O4/c1-3-13-27-21(25)19-15(2)23-22(26)24-20(19)17-9-11-18(12-10-17)28-14-16-7-5-4-6-8-16/h3-12,20H,1,13-14H2,2H3,(H2,23,24,26)/t20-/m1/s1. The molecule has 2 amide bonds. The van der Waals surface area contributed by atoms with Crippen molar-refractivity contribution in [1.82, 2.24) is 10.6 Å². The Hall–Kier alpha value is -3.54. The fourth-order valence-corrected chi connectivity index (χ4v) is 2.92. The maximum Gasteiger partial charge on any atom is 0.338 e. The molecule has 28 heavy (non-hydrogen) atoms. The maximum absolute atomic E-state index is 12.4. The lowest BCUT2D eigenvalue weighted by molar-refractivity contribution is -0.138. The smallest absolute Gasteiger partial charge is 0.338 e. The van der Waals surface area contributed by atoms with Crippen LogP contribution in [0.25, 0.3) is 0 Å². The molecule has 3 rings (SSSR count). The number of esters is 1. The number of ether oxygens (including phenoxy) is 2. The van der Waals surface area contributed by atoms with Gasteiger partial charge < -0.3 is 20.1 Å². The van der Waals surface area contributed by atoms with E-state index >= 15 is 0 Å². The molecule has 0 aromatic heterocycles. The minimum Gasteiger partial charge on any atom is -0.489 e. The lowest BCUT2D eigenvalue weighted by atomic mass is 9.95. The molecule has 2 aromatic carbocycles. The maximum atomic E-state index is 12.4. The predicted molar refractivity (Wildman–Crippen MR) is 105 cm³/mol. The molecule has 6 nitrogen and oxygen atoms in total. The Morgan fingerprint density at radius 2 is 1.86 bits per heavy atom. The molecule has 2 aromatic rings. The summed E-state index contributed by atoms with van der Waals surface area (Å²) in [6.07, 6.45) is 1.50. The highest BCUT2D eigenvalue weighted by molar-refractivity contribution is 5.95. The molecule has 0 spiro atoms. The second-order valence-electron chi connectivity index (χ2n) is 6.30. The highest BCUT2D eigenvalue weighted by Gasteiger charge is 2.32. The number of allylic oxidation sites excluding steroid dienone is 1. The van der Waals surface area contributed by atoms with Gasteiger partial charge in [0.1, 0.15) is 19.0 Å². The SMILES string of the molecule is C=CCOC(=O)C1=C(C)NC(=O)N[C@@H]1c1ccc(OCc2ccccc2)cc1. The summed E-state index contributed by atoms with van der Waals surface area (Å²) in [5, 5.41) is 5.39. The van der Waals surface area contributed by atoms with Crippen molar-refractivity contribution in [3.05, 3.63) is 89.6 Å². The Morgan fingerprint density at radius 1 is 1.14 bits per heavy atom. The molecular weight excluding hydrogens is 356 g/mol. The first kappa shape index (κ1) is 19.2. The zero-order chi connectivity index (χ0) is 19.9. The number of urea groups is 1. The van der Waals surface area contributed by atoms with Crippen molar-refractivity contribution in [2.45, 2.75) is 19.6 Å². The third-order valence-corrected chi connectivity index (χ3v) is 4.28. The van der Waals surface area contributed by atoms with Crippen molar-refractivity contribution in [3.63, 3.8) is 0 Å². The summed E-state index contributed by atoms with van der Waals surface area (Å²) in [5.41, 5.74) is 2.65. The molecule has 1 aliphatic heterocycles. The number of carbonyl (C=O) groups is 2. The van der Waals surface area contributed by atoms with E-state index in [1.807, 2.05) is 54.6 Å². The van der Waals surface area contributed by atoms with Crippen molar-refractivity contribution in [3.8, 4) is 5.75 Å². The average molecular weight is 378 g/mol. The fourth-order valence-electron chi connectivity index (χ4n) is 2.92. The summed E-state index contributed by atoms with van der Waals surface area (Å²) < 4.78 is 11.0. The zero-order valence-electron chi connectivity index (χ0n) is 15.6. The zero-order valence-corrected chi connectivity index (χ0v) is 15.6. The van der Waals surface area contributed by atoms with Crippen LogP contribution in [-0.2, 0) is 16.1 Å². The van der Waals surface area contributed by atoms with E-state index in [4.69, 9.17) is 9.47 Å². The molecule has 0 bridgehead atoms. The molecule has 0 fully saturated rings. The van der Waals surface area contributed by atoms with E-state index in [0.717, 1.165) is 11.1 Å². The molecule has 2 N–H and O–H groups in total. The Kier molecular flexibility index (Phi) is 6.11. The van der Waals surface area contributed by atoms with E-state index in [9.17, 15) is 9.59 Å².